The fraction of sp³-hybridized carbons (Fsp3) is 0.0312. The van der Waals surface area contributed by atoms with Crippen LogP contribution in [0, 0.1) is 0 Å². The molecule has 0 aliphatic rings. The minimum Gasteiger partial charge on any atom is -0.423 e. The van der Waals surface area contributed by atoms with Gasteiger partial charge in [0.15, 0.2) is 11.5 Å². The van der Waals surface area contributed by atoms with Crippen LogP contribution in [-0.2, 0) is 19.3 Å². The normalized spacial score (nSPS) is 11.2. The van der Waals surface area contributed by atoms with E-state index >= 15 is 0 Å². The van der Waals surface area contributed by atoms with Crippen LogP contribution in [0.25, 0.3) is 21.9 Å². The lowest BCUT2D eigenvalue weighted by Crippen LogP contribution is -2.10. The Kier molecular flexibility index (Phi) is 8.65. The molecule has 4 aromatic carbocycles. The minimum absolute atomic E-state index is 0.0156. The van der Waals surface area contributed by atoms with Crippen LogP contribution in [0.1, 0.15) is 17.2 Å². The molecule has 0 saturated heterocycles. The van der Waals surface area contributed by atoms with E-state index in [4.69, 9.17) is 19.1 Å². The van der Waals surface area contributed by atoms with Gasteiger partial charge in [0, 0.05) is 18.2 Å². The third-order valence-electron chi connectivity index (χ3n) is 5.87. The van der Waals surface area contributed by atoms with Crippen LogP contribution in [0.3, 0.4) is 0 Å². The van der Waals surface area contributed by atoms with E-state index in [0.717, 1.165) is 40.1 Å². The maximum Gasteiger partial charge on any atom is 0.335 e. The molecule has 200 valence electrons. The lowest BCUT2D eigenvalue weighted by Gasteiger charge is -2.17. The smallest absolute Gasteiger partial charge is 0.335 e. The van der Waals surface area contributed by atoms with E-state index in [9.17, 15) is 19.6 Å². The monoisotopic (exact) mass is 536 g/mol. The molecule has 0 amide bonds. The molecule has 0 aliphatic heterocycles. The van der Waals surface area contributed by atoms with Crippen molar-refractivity contribution in [3.05, 3.63) is 128 Å². The first-order chi connectivity index (χ1) is 19.3. The Labute approximate surface area is 229 Å². The molecule has 0 bridgehead atoms. The Morgan fingerprint density at radius 3 is 1.80 bits per heavy atom. The zero-order valence-electron chi connectivity index (χ0n) is 21.2. The first-order valence-electron chi connectivity index (χ1n) is 12.0. The maximum absolute atomic E-state index is 11.8. The van der Waals surface area contributed by atoms with Crippen molar-refractivity contribution in [2.24, 2.45) is 0 Å². The molecular formula is C32H24O8. The molecule has 0 aromatic heterocycles. The van der Waals surface area contributed by atoms with Gasteiger partial charge in [-0.3, -0.25) is 5.26 Å². The molecule has 0 spiro atoms. The summed E-state index contributed by atoms with van der Waals surface area (Å²) in [7, 11) is 0. The Bertz CT molecular complexity index is 1620. The van der Waals surface area contributed by atoms with Crippen LogP contribution in [0.15, 0.2) is 117 Å². The van der Waals surface area contributed by atoms with Crippen molar-refractivity contribution < 1.29 is 38.7 Å². The first-order valence-corrected chi connectivity index (χ1v) is 12.0. The summed E-state index contributed by atoms with van der Waals surface area (Å²) in [6.45, 7) is 10.1. The SMILES string of the molecule is C=CC(=O)Oc1ccc2cc(-c3ccc(C(OO)c4ccc(OC(=O)C=C)c(OC(=O)C=C)c4)cc3)ccc2c1. The second-order valence-corrected chi connectivity index (χ2v) is 8.41. The number of hydrogen-bond acceptors (Lipinski definition) is 8. The highest BCUT2D eigenvalue weighted by Crippen LogP contribution is 2.35. The predicted octanol–water partition coefficient (Wildman–Crippen LogP) is 6.36. The number of carbonyl (C=O) groups excluding carboxylic acids is 3. The van der Waals surface area contributed by atoms with Crippen LogP contribution < -0.4 is 14.2 Å². The number of fused-ring (bicyclic) bond motifs is 1. The third-order valence-corrected chi connectivity index (χ3v) is 5.87. The van der Waals surface area contributed by atoms with Gasteiger partial charge in [0.25, 0.3) is 0 Å². The minimum atomic E-state index is -0.937. The van der Waals surface area contributed by atoms with E-state index in [0.29, 0.717) is 16.9 Å². The molecule has 0 radical (unpaired) electrons. The second kappa shape index (κ2) is 12.5. The zero-order chi connectivity index (χ0) is 28.6. The van der Waals surface area contributed by atoms with Gasteiger partial charge in [-0.15, -0.1) is 0 Å². The number of carbonyl (C=O) groups is 3. The van der Waals surface area contributed by atoms with Crippen molar-refractivity contribution in [2.75, 3.05) is 0 Å². The van der Waals surface area contributed by atoms with Crippen LogP contribution in [-0.4, -0.2) is 23.2 Å². The molecule has 0 saturated carbocycles. The molecule has 1 atom stereocenters. The Hall–Kier alpha value is -5.31. The van der Waals surface area contributed by atoms with Gasteiger partial charge in [0.1, 0.15) is 11.9 Å². The maximum atomic E-state index is 11.8. The number of hydrogen-bond donors (Lipinski definition) is 1. The fourth-order valence-corrected chi connectivity index (χ4v) is 3.94. The summed E-state index contributed by atoms with van der Waals surface area (Å²) in [6, 6.07) is 23.0. The molecule has 1 unspecified atom stereocenters. The van der Waals surface area contributed by atoms with Crippen LogP contribution in [0.4, 0.5) is 0 Å². The molecule has 40 heavy (non-hydrogen) atoms. The summed E-state index contributed by atoms with van der Waals surface area (Å²) in [5, 5.41) is 11.6. The van der Waals surface area contributed by atoms with Crippen LogP contribution >= 0.6 is 0 Å². The topological polar surface area (TPSA) is 108 Å². The van der Waals surface area contributed by atoms with Gasteiger partial charge >= 0.3 is 17.9 Å². The van der Waals surface area contributed by atoms with Gasteiger partial charge in [-0.2, -0.15) is 0 Å². The van der Waals surface area contributed by atoms with E-state index in [2.05, 4.69) is 19.7 Å². The van der Waals surface area contributed by atoms with Gasteiger partial charge in [0.05, 0.1) is 0 Å². The van der Waals surface area contributed by atoms with Crippen molar-refractivity contribution in [1.82, 2.24) is 0 Å². The van der Waals surface area contributed by atoms with Crippen molar-refractivity contribution in [2.45, 2.75) is 6.10 Å². The first kappa shape index (κ1) is 27.7. The van der Waals surface area contributed by atoms with Crippen LogP contribution in [0.5, 0.6) is 17.2 Å². The number of benzene rings is 4. The number of rotatable bonds is 10. The zero-order valence-corrected chi connectivity index (χ0v) is 21.2. The summed E-state index contributed by atoms with van der Waals surface area (Å²) >= 11 is 0. The van der Waals surface area contributed by atoms with E-state index in [1.165, 1.54) is 12.1 Å². The van der Waals surface area contributed by atoms with E-state index in [1.54, 1.807) is 30.3 Å². The van der Waals surface area contributed by atoms with Crippen molar-refractivity contribution in [3.8, 4) is 28.4 Å². The Balaban J connectivity index is 1.60. The van der Waals surface area contributed by atoms with Gasteiger partial charge in [0.2, 0.25) is 0 Å². The van der Waals surface area contributed by atoms with Gasteiger partial charge in [-0.05, 0) is 63.4 Å². The van der Waals surface area contributed by atoms with Crippen molar-refractivity contribution >= 4 is 28.7 Å². The summed E-state index contributed by atoms with van der Waals surface area (Å²) in [5.74, 6) is -1.67. The summed E-state index contributed by atoms with van der Waals surface area (Å²) in [6.07, 6.45) is 2.11. The molecule has 1 N–H and O–H groups in total. The van der Waals surface area contributed by atoms with Gasteiger partial charge < -0.3 is 14.2 Å². The lowest BCUT2D eigenvalue weighted by atomic mass is 9.96. The quantitative estimate of drug-likeness (QED) is 0.0820. The highest BCUT2D eigenvalue weighted by molar-refractivity contribution is 5.90. The van der Waals surface area contributed by atoms with E-state index in [1.807, 2.05) is 36.4 Å². The molecule has 0 fully saturated rings. The molecule has 4 aromatic rings. The summed E-state index contributed by atoms with van der Waals surface area (Å²) < 4.78 is 15.5. The molecule has 0 aliphatic carbocycles. The average molecular weight is 537 g/mol. The Morgan fingerprint density at radius 1 is 0.600 bits per heavy atom. The molecule has 0 heterocycles. The molecule has 8 heteroatoms. The number of esters is 3. The Morgan fingerprint density at radius 2 is 1.15 bits per heavy atom. The average Bonchev–Trinajstić information content (AvgIpc) is 2.98. The molecular weight excluding hydrogens is 512 g/mol. The third kappa shape index (κ3) is 6.39. The fourth-order valence-electron chi connectivity index (χ4n) is 3.94. The highest BCUT2D eigenvalue weighted by Gasteiger charge is 2.20. The van der Waals surface area contributed by atoms with Crippen LogP contribution in [0.2, 0.25) is 0 Å². The van der Waals surface area contributed by atoms with Gasteiger partial charge in [-0.1, -0.05) is 68.3 Å². The van der Waals surface area contributed by atoms with Gasteiger partial charge in [-0.25, -0.2) is 19.3 Å². The van der Waals surface area contributed by atoms with E-state index < -0.39 is 24.0 Å². The standard InChI is InChI=1S/C32H24O8/c1-4-29(33)37-26-15-13-23-17-22(11-12-24(23)18-26)20-7-9-21(10-8-20)32(40-36)25-14-16-27(38-30(34)5-2)28(19-25)39-31(35)6-3/h4-19,32,36H,1-3H2. The highest BCUT2D eigenvalue weighted by atomic mass is 17.1. The van der Waals surface area contributed by atoms with Crippen molar-refractivity contribution in [3.63, 3.8) is 0 Å². The largest absolute Gasteiger partial charge is 0.423 e. The predicted molar refractivity (Wildman–Crippen MR) is 149 cm³/mol. The molecule has 4 rings (SSSR count). The number of ether oxygens (including phenoxy) is 3. The van der Waals surface area contributed by atoms with Crippen molar-refractivity contribution in [1.29, 1.82) is 0 Å². The lowest BCUT2D eigenvalue weighted by molar-refractivity contribution is -0.270. The van der Waals surface area contributed by atoms with E-state index in [-0.39, 0.29) is 11.5 Å². The summed E-state index contributed by atoms with van der Waals surface area (Å²) in [5.41, 5.74) is 2.90. The molecule has 8 nitrogen and oxygen atoms in total. The summed E-state index contributed by atoms with van der Waals surface area (Å²) in [4.78, 5) is 39.8. The second-order valence-electron chi connectivity index (χ2n) is 8.41.